The fraction of sp³-hybridized carbons (Fsp3) is 0.448. The molecule has 0 bridgehead atoms. The molecule has 4 rings (SSSR count). The number of nitrogens with one attached hydrogen (secondary N) is 1. The summed E-state index contributed by atoms with van der Waals surface area (Å²) >= 11 is 1.46. The monoisotopic (exact) mass is 606 g/mol. The van der Waals surface area contributed by atoms with Crippen LogP contribution in [0.2, 0.25) is 0 Å². The maximum atomic E-state index is 13.3. The summed E-state index contributed by atoms with van der Waals surface area (Å²) in [6.07, 6.45) is -2.56. The van der Waals surface area contributed by atoms with E-state index in [1.165, 1.54) is 17.4 Å². The summed E-state index contributed by atoms with van der Waals surface area (Å²) in [5, 5.41) is 3.50. The quantitative estimate of drug-likeness (QED) is 0.350. The van der Waals surface area contributed by atoms with Gasteiger partial charge in [-0.2, -0.15) is 13.2 Å². The first-order valence-electron chi connectivity index (χ1n) is 13.3. The van der Waals surface area contributed by atoms with Crippen LogP contribution in [0.25, 0.3) is 10.6 Å². The van der Waals surface area contributed by atoms with E-state index >= 15 is 0 Å². The van der Waals surface area contributed by atoms with Crippen molar-refractivity contribution < 1.29 is 37.0 Å². The van der Waals surface area contributed by atoms with E-state index in [1.54, 1.807) is 57.0 Å². The van der Waals surface area contributed by atoms with Crippen LogP contribution in [-0.4, -0.2) is 64.9 Å². The molecule has 1 saturated heterocycles. The molecule has 0 saturated carbocycles. The average molecular weight is 607 g/mol. The molecule has 2 amide bonds. The third-order valence-electron chi connectivity index (χ3n) is 6.19. The number of hydrogen-bond donors (Lipinski definition) is 1. The van der Waals surface area contributed by atoms with Gasteiger partial charge in [-0.15, -0.1) is 11.3 Å². The fourth-order valence-electron chi connectivity index (χ4n) is 4.12. The van der Waals surface area contributed by atoms with Gasteiger partial charge in [0.1, 0.15) is 34.8 Å². The Morgan fingerprint density at radius 3 is 2.55 bits per heavy atom. The summed E-state index contributed by atoms with van der Waals surface area (Å²) in [6, 6.07) is 6.58. The summed E-state index contributed by atoms with van der Waals surface area (Å²) in [7, 11) is 0. The Bertz CT molecular complexity index is 1410. The molecule has 1 N–H and O–H groups in total. The minimum atomic E-state index is -4.55. The SMILES string of the molecule is Cc1cnc(-c2cc(OC[C@@H]3CN(C(=O)OC(C)(C)C)CCO3)cc(C(=O)NC(C)c3ccc(C(F)(F)F)nc3)c2)s1. The van der Waals surface area contributed by atoms with Crippen molar-refractivity contribution in [2.24, 2.45) is 0 Å². The number of pyridine rings is 1. The summed E-state index contributed by atoms with van der Waals surface area (Å²) in [4.78, 5) is 36.2. The molecule has 0 spiro atoms. The van der Waals surface area contributed by atoms with Crippen LogP contribution in [0.5, 0.6) is 5.75 Å². The molecule has 3 heterocycles. The third-order valence-corrected chi connectivity index (χ3v) is 7.15. The molecule has 3 aromatic rings. The predicted molar refractivity (Wildman–Crippen MR) is 150 cm³/mol. The maximum Gasteiger partial charge on any atom is 0.433 e. The lowest BCUT2D eigenvalue weighted by Gasteiger charge is -2.34. The van der Waals surface area contributed by atoms with Crippen LogP contribution in [0.15, 0.2) is 42.7 Å². The van der Waals surface area contributed by atoms with Crippen LogP contribution < -0.4 is 10.1 Å². The minimum absolute atomic E-state index is 0.119. The van der Waals surface area contributed by atoms with Gasteiger partial charge in [-0.3, -0.25) is 9.78 Å². The first kappa shape index (κ1) is 31.2. The lowest BCUT2D eigenvalue weighted by Crippen LogP contribution is -2.49. The average Bonchev–Trinajstić information content (AvgIpc) is 3.37. The summed E-state index contributed by atoms with van der Waals surface area (Å²) in [5.74, 6) is -0.0558. The van der Waals surface area contributed by atoms with E-state index < -0.39 is 41.6 Å². The topological polar surface area (TPSA) is 103 Å². The van der Waals surface area contributed by atoms with E-state index in [1.807, 2.05) is 6.92 Å². The summed E-state index contributed by atoms with van der Waals surface area (Å²) in [5.41, 5.74) is -0.257. The van der Waals surface area contributed by atoms with Gasteiger partial charge in [-0.25, -0.2) is 9.78 Å². The number of carbonyl (C=O) groups is 2. The van der Waals surface area contributed by atoms with Crippen LogP contribution in [0.1, 0.15) is 60.2 Å². The molecule has 0 radical (unpaired) electrons. The molecule has 226 valence electrons. The van der Waals surface area contributed by atoms with E-state index in [9.17, 15) is 22.8 Å². The number of morpholine rings is 1. The van der Waals surface area contributed by atoms with Crippen molar-refractivity contribution in [3.05, 3.63) is 64.4 Å². The second-order valence-electron chi connectivity index (χ2n) is 10.9. The number of alkyl halides is 3. The normalized spacial score (nSPS) is 16.6. The van der Waals surface area contributed by atoms with E-state index in [2.05, 4.69) is 15.3 Å². The van der Waals surface area contributed by atoms with Crippen molar-refractivity contribution in [3.8, 4) is 16.3 Å². The van der Waals surface area contributed by atoms with Gasteiger partial charge in [0.05, 0.1) is 19.2 Å². The van der Waals surface area contributed by atoms with E-state index in [0.29, 0.717) is 35.0 Å². The van der Waals surface area contributed by atoms with Crippen molar-refractivity contribution >= 4 is 23.3 Å². The van der Waals surface area contributed by atoms with Gasteiger partial charge >= 0.3 is 12.3 Å². The molecule has 42 heavy (non-hydrogen) atoms. The predicted octanol–water partition coefficient (Wildman–Crippen LogP) is 6.04. The zero-order chi connectivity index (χ0) is 30.7. The highest BCUT2D eigenvalue weighted by molar-refractivity contribution is 7.14. The number of aromatic nitrogens is 2. The van der Waals surface area contributed by atoms with E-state index in [4.69, 9.17) is 14.2 Å². The van der Waals surface area contributed by atoms with Gasteiger partial charge in [0.15, 0.2) is 0 Å². The van der Waals surface area contributed by atoms with E-state index in [0.717, 1.165) is 17.1 Å². The number of ether oxygens (including phenoxy) is 3. The molecule has 1 aromatic carbocycles. The number of halogens is 3. The molecule has 9 nitrogen and oxygen atoms in total. The molecule has 1 aliphatic rings. The molecule has 1 unspecified atom stereocenters. The van der Waals surface area contributed by atoms with Gasteiger partial charge < -0.3 is 24.4 Å². The van der Waals surface area contributed by atoms with Crippen LogP contribution >= 0.6 is 11.3 Å². The van der Waals surface area contributed by atoms with E-state index in [-0.39, 0.29) is 18.7 Å². The van der Waals surface area contributed by atoms with Crippen molar-refractivity contribution in [3.63, 3.8) is 0 Å². The van der Waals surface area contributed by atoms with Crippen LogP contribution in [0.4, 0.5) is 18.0 Å². The Kier molecular flexibility index (Phi) is 9.41. The van der Waals surface area contributed by atoms with Crippen LogP contribution in [0.3, 0.4) is 0 Å². The number of benzene rings is 1. The zero-order valence-electron chi connectivity index (χ0n) is 23.9. The second-order valence-corrected chi connectivity index (χ2v) is 12.2. The van der Waals surface area contributed by atoms with Gasteiger partial charge in [0.2, 0.25) is 0 Å². The highest BCUT2D eigenvalue weighted by atomic mass is 32.1. The minimum Gasteiger partial charge on any atom is -0.491 e. The van der Waals surface area contributed by atoms with Gasteiger partial charge in [-0.05, 0) is 64.4 Å². The lowest BCUT2D eigenvalue weighted by atomic mass is 10.1. The number of rotatable bonds is 7. The second kappa shape index (κ2) is 12.7. The number of thiazole rings is 1. The standard InChI is InChI=1S/C29H33F3N4O5S/c1-17-13-34-26(42-17)21-10-20(25(37)35-18(2)19-6-7-24(33-14-19)29(30,31)32)11-22(12-21)40-16-23-15-36(8-9-39-23)27(38)41-28(3,4)5/h6-7,10-14,18,23H,8-9,15-16H2,1-5H3,(H,35,37)/t18?,23-/m0/s1. The fourth-order valence-corrected chi connectivity index (χ4v) is 4.87. The molecule has 2 atom stereocenters. The number of hydrogen-bond acceptors (Lipinski definition) is 8. The molecule has 13 heteroatoms. The maximum absolute atomic E-state index is 13.3. The largest absolute Gasteiger partial charge is 0.491 e. The van der Waals surface area contributed by atoms with Gasteiger partial charge in [0.25, 0.3) is 5.91 Å². The van der Waals surface area contributed by atoms with Crippen molar-refractivity contribution in [1.82, 2.24) is 20.2 Å². The van der Waals surface area contributed by atoms with Gasteiger partial charge in [0, 0.05) is 34.9 Å². The summed E-state index contributed by atoms with van der Waals surface area (Å²) < 4.78 is 56.0. The zero-order valence-corrected chi connectivity index (χ0v) is 24.8. The smallest absolute Gasteiger partial charge is 0.433 e. The first-order valence-corrected chi connectivity index (χ1v) is 14.1. The number of aryl methyl sites for hydroxylation is 1. The van der Waals surface area contributed by atoms with Crippen molar-refractivity contribution in [2.75, 3.05) is 26.3 Å². The number of nitrogens with zero attached hydrogens (tertiary/aromatic N) is 3. The van der Waals surface area contributed by atoms with Crippen molar-refractivity contribution in [1.29, 1.82) is 0 Å². The first-order chi connectivity index (χ1) is 19.7. The van der Waals surface area contributed by atoms with Crippen molar-refractivity contribution in [2.45, 2.75) is 58.5 Å². The lowest BCUT2D eigenvalue weighted by molar-refractivity contribution is -0.141. The Labute approximate surface area is 246 Å². The number of carbonyl (C=O) groups excluding carboxylic acids is 2. The van der Waals surface area contributed by atoms with Gasteiger partial charge in [-0.1, -0.05) is 6.07 Å². The van der Waals surface area contributed by atoms with Crippen LogP contribution in [-0.2, 0) is 15.7 Å². The molecular weight excluding hydrogens is 573 g/mol. The highest BCUT2D eigenvalue weighted by Gasteiger charge is 2.32. The Hall–Kier alpha value is -3.71. The molecule has 1 fully saturated rings. The third kappa shape index (κ3) is 8.41. The number of amides is 2. The molecule has 2 aromatic heterocycles. The molecular formula is C29H33F3N4O5S. The Balaban J connectivity index is 1.48. The Morgan fingerprint density at radius 2 is 1.93 bits per heavy atom. The summed E-state index contributed by atoms with van der Waals surface area (Å²) in [6.45, 7) is 10.1. The highest BCUT2D eigenvalue weighted by Crippen LogP contribution is 2.31. The van der Waals surface area contributed by atoms with Crippen LogP contribution in [0, 0.1) is 6.92 Å². The molecule has 1 aliphatic heterocycles. The molecule has 0 aliphatic carbocycles. The Morgan fingerprint density at radius 1 is 1.17 bits per heavy atom.